The van der Waals surface area contributed by atoms with Gasteiger partial charge in [-0.2, -0.15) is 5.10 Å². The van der Waals surface area contributed by atoms with E-state index in [0.29, 0.717) is 25.2 Å². The lowest BCUT2D eigenvalue weighted by Gasteiger charge is -2.29. The minimum Gasteiger partial charge on any atom is -0.311 e. The summed E-state index contributed by atoms with van der Waals surface area (Å²) in [5.74, 6) is 0.0911. The number of hydrogen-bond donors (Lipinski definition) is 2. The van der Waals surface area contributed by atoms with Crippen LogP contribution in [0.3, 0.4) is 0 Å². The van der Waals surface area contributed by atoms with Crippen LogP contribution in [0.1, 0.15) is 18.4 Å². The van der Waals surface area contributed by atoms with Gasteiger partial charge in [0.25, 0.3) is 0 Å². The maximum atomic E-state index is 12.1. The molecule has 1 saturated heterocycles. The SMILES string of the molecule is Cc1cn[nH]c1NC(=O)C1CCCN(S(C)(=O)=O)C1. The summed E-state index contributed by atoms with van der Waals surface area (Å²) in [6.45, 7) is 2.58. The van der Waals surface area contributed by atoms with Crippen molar-refractivity contribution in [3.63, 3.8) is 0 Å². The minimum absolute atomic E-state index is 0.166. The van der Waals surface area contributed by atoms with Crippen LogP contribution in [-0.4, -0.2) is 48.2 Å². The van der Waals surface area contributed by atoms with Gasteiger partial charge in [-0.05, 0) is 19.8 Å². The largest absolute Gasteiger partial charge is 0.311 e. The molecule has 1 aliphatic heterocycles. The third-order valence-electron chi connectivity index (χ3n) is 3.30. The molecule has 0 spiro atoms. The van der Waals surface area contributed by atoms with Gasteiger partial charge in [-0.3, -0.25) is 9.89 Å². The molecule has 0 aromatic carbocycles. The van der Waals surface area contributed by atoms with E-state index >= 15 is 0 Å². The molecule has 2 rings (SSSR count). The molecule has 2 heterocycles. The average molecular weight is 286 g/mol. The van der Waals surface area contributed by atoms with Crippen molar-refractivity contribution >= 4 is 21.7 Å². The van der Waals surface area contributed by atoms with Crippen molar-refractivity contribution in [3.8, 4) is 0 Å². The van der Waals surface area contributed by atoms with Gasteiger partial charge in [0.05, 0.1) is 18.4 Å². The number of H-pyrrole nitrogens is 1. The number of aromatic nitrogens is 2. The van der Waals surface area contributed by atoms with Crippen LogP contribution in [0.25, 0.3) is 0 Å². The van der Waals surface area contributed by atoms with Crippen LogP contribution in [0, 0.1) is 12.8 Å². The normalized spacial score (nSPS) is 21.3. The van der Waals surface area contributed by atoms with E-state index in [0.717, 1.165) is 5.56 Å². The van der Waals surface area contributed by atoms with Crippen LogP contribution in [0.4, 0.5) is 5.82 Å². The lowest BCUT2D eigenvalue weighted by molar-refractivity contribution is -0.120. The zero-order valence-electron chi connectivity index (χ0n) is 11.0. The number of sulfonamides is 1. The van der Waals surface area contributed by atoms with Gasteiger partial charge in [-0.25, -0.2) is 12.7 Å². The molecule has 1 aromatic heterocycles. The Hall–Kier alpha value is -1.41. The number of nitrogens with zero attached hydrogens (tertiary/aromatic N) is 2. The Morgan fingerprint density at radius 3 is 2.89 bits per heavy atom. The van der Waals surface area contributed by atoms with E-state index in [4.69, 9.17) is 0 Å². The van der Waals surface area contributed by atoms with Crippen LogP contribution >= 0.6 is 0 Å². The summed E-state index contributed by atoms with van der Waals surface area (Å²) in [4.78, 5) is 12.1. The highest BCUT2D eigenvalue weighted by atomic mass is 32.2. The maximum absolute atomic E-state index is 12.1. The second-order valence-corrected chi connectivity index (χ2v) is 6.86. The van der Waals surface area contributed by atoms with Crippen molar-refractivity contribution in [1.82, 2.24) is 14.5 Å². The Kier molecular flexibility index (Phi) is 3.91. The van der Waals surface area contributed by atoms with Crippen molar-refractivity contribution in [1.29, 1.82) is 0 Å². The van der Waals surface area contributed by atoms with Gasteiger partial charge in [0.15, 0.2) is 0 Å². The lowest BCUT2D eigenvalue weighted by atomic mass is 9.99. The van der Waals surface area contributed by atoms with Crippen molar-refractivity contribution < 1.29 is 13.2 Å². The zero-order chi connectivity index (χ0) is 14.0. The Labute approximate surface area is 112 Å². The molecule has 0 aliphatic carbocycles. The van der Waals surface area contributed by atoms with Crippen molar-refractivity contribution in [3.05, 3.63) is 11.8 Å². The molecular weight excluding hydrogens is 268 g/mol. The second kappa shape index (κ2) is 5.30. The molecule has 1 atom stereocenters. The fourth-order valence-electron chi connectivity index (χ4n) is 2.16. The smallest absolute Gasteiger partial charge is 0.229 e. The third-order valence-corrected chi connectivity index (χ3v) is 4.57. The molecule has 106 valence electrons. The number of rotatable bonds is 3. The summed E-state index contributed by atoms with van der Waals surface area (Å²) >= 11 is 0. The average Bonchev–Trinajstić information content (AvgIpc) is 2.74. The van der Waals surface area contributed by atoms with Crippen LogP contribution in [-0.2, 0) is 14.8 Å². The molecule has 2 N–H and O–H groups in total. The second-order valence-electron chi connectivity index (χ2n) is 4.88. The van der Waals surface area contributed by atoms with Gasteiger partial charge in [0.2, 0.25) is 15.9 Å². The van der Waals surface area contributed by atoms with Crippen molar-refractivity contribution in [2.75, 3.05) is 24.7 Å². The highest BCUT2D eigenvalue weighted by Gasteiger charge is 2.30. The van der Waals surface area contributed by atoms with E-state index in [-0.39, 0.29) is 18.4 Å². The predicted octanol–water partition coefficient (Wildman–Crippen LogP) is 0.328. The highest BCUT2D eigenvalue weighted by molar-refractivity contribution is 7.88. The molecule has 1 amide bonds. The van der Waals surface area contributed by atoms with Gasteiger partial charge in [-0.1, -0.05) is 0 Å². The fourth-order valence-corrected chi connectivity index (χ4v) is 3.07. The number of carbonyl (C=O) groups is 1. The summed E-state index contributed by atoms with van der Waals surface area (Å²) < 4.78 is 24.4. The summed E-state index contributed by atoms with van der Waals surface area (Å²) in [5.41, 5.74) is 0.851. The number of aryl methyl sites for hydroxylation is 1. The quantitative estimate of drug-likeness (QED) is 0.837. The van der Waals surface area contributed by atoms with E-state index in [2.05, 4.69) is 15.5 Å². The number of carbonyl (C=O) groups excluding carboxylic acids is 1. The Morgan fingerprint density at radius 1 is 1.58 bits per heavy atom. The van der Waals surface area contributed by atoms with Crippen LogP contribution < -0.4 is 5.32 Å². The van der Waals surface area contributed by atoms with Crippen molar-refractivity contribution in [2.24, 2.45) is 5.92 Å². The molecule has 1 unspecified atom stereocenters. The summed E-state index contributed by atoms with van der Waals surface area (Å²) in [6.07, 6.45) is 4.20. The molecule has 1 aromatic rings. The van der Waals surface area contributed by atoms with E-state index in [1.807, 2.05) is 6.92 Å². The van der Waals surface area contributed by atoms with Crippen LogP contribution in [0.5, 0.6) is 0 Å². The fraction of sp³-hybridized carbons (Fsp3) is 0.636. The predicted molar refractivity (Wildman–Crippen MR) is 71.1 cm³/mol. The number of hydrogen-bond acceptors (Lipinski definition) is 4. The number of amides is 1. The first-order chi connectivity index (χ1) is 8.88. The van der Waals surface area contributed by atoms with Crippen molar-refractivity contribution in [2.45, 2.75) is 19.8 Å². The van der Waals surface area contributed by atoms with Gasteiger partial charge in [0.1, 0.15) is 5.82 Å². The first kappa shape index (κ1) is 14.0. The standard InChI is InChI=1S/C11H18N4O3S/c1-8-6-12-14-10(8)13-11(16)9-4-3-5-15(7-9)19(2,17)18/h6,9H,3-5,7H2,1-2H3,(H2,12,13,14,16). The number of aromatic amines is 1. The minimum atomic E-state index is -3.23. The lowest BCUT2D eigenvalue weighted by Crippen LogP contribution is -2.43. The Morgan fingerprint density at radius 2 is 2.32 bits per heavy atom. The molecular formula is C11H18N4O3S. The Bertz CT molecular complexity index is 566. The number of nitrogens with one attached hydrogen (secondary N) is 2. The van der Waals surface area contributed by atoms with Gasteiger partial charge in [-0.15, -0.1) is 0 Å². The topological polar surface area (TPSA) is 95.2 Å². The van der Waals surface area contributed by atoms with Crippen LogP contribution in [0.15, 0.2) is 6.20 Å². The van der Waals surface area contributed by atoms with E-state index < -0.39 is 10.0 Å². The first-order valence-corrected chi connectivity index (χ1v) is 7.98. The number of anilines is 1. The molecule has 7 nitrogen and oxygen atoms in total. The summed E-state index contributed by atoms with van der Waals surface area (Å²) in [6, 6.07) is 0. The molecule has 1 fully saturated rings. The Balaban J connectivity index is 2.02. The molecule has 19 heavy (non-hydrogen) atoms. The maximum Gasteiger partial charge on any atom is 0.229 e. The van der Waals surface area contributed by atoms with E-state index in [1.165, 1.54) is 10.6 Å². The van der Waals surface area contributed by atoms with E-state index in [9.17, 15) is 13.2 Å². The molecule has 8 heteroatoms. The zero-order valence-corrected chi connectivity index (χ0v) is 11.8. The molecule has 1 aliphatic rings. The summed E-state index contributed by atoms with van der Waals surface area (Å²) in [5, 5.41) is 9.28. The number of piperidine rings is 1. The molecule has 0 radical (unpaired) electrons. The molecule has 0 saturated carbocycles. The summed E-state index contributed by atoms with van der Waals surface area (Å²) in [7, 11) is -3.23. The van der Waals surface area contributed by atoms with Crippen LogP contribution in [0.2, 0.25) is 0 Å². The van der Waals surface area contributed by atoms with E-state index in [1.54, 1.807) is 6.20 Å². The molecule has 0 bridgehead atoms. The third kappa shape index (κ3) is 3.32. The highest BCUT2D eigenvalue weighted by Crippen LogP contribution is 2.20. The first-order valence-electron chi connectivity index (χ1n) is 6.14. The van der Waals surface area contributed by atoms with Gasteiger partial charge < -0.3 is 5.32 Å². The monoisotopic (exact) mass is 286 g/mol. The van der Waals surface area contributed by atoms with Gasteiger partial charge >= 0.3 is 0 Å². The van der Waals surface area contributed by atoms with Gasteiger partial charge in [0, 0.05) is 18.7 Å².